The third-order valence-corrected chi connectivity index (χ3v) is 1.97. The zero-order chi connectivity index (χ0) is 10.0. The Kier molecular flexibility index (Phi) is 2.66. The van der Waals surface area contributed by atoms with Crippen molar-refractivity contribution in [3.63, 3.8) is 0 Å². The second-order valence-electron chi connectivity index (χ2n) is 3.02. The molecule has 2 N–H and O–H groups in total. The Labute approximate surface area is 77.3 Å². The van der Waals surface area contributed by atoms with Gasteiger partial charge in [-0.3, -0.25) is 0 Å². The molecule has 0 unspecified atom stereocenters. The highest BCUT2D eigenvalue weighted by atomic mass is 19.1. The van der Waals surface area contributed by atoms with E-state index < -0.39 is 0 Å². The Morgan fingerprint density at radius 3 is 2.54 bits per heavy atom. The van der Waals surface area contributed by atoms with Crippen LogP contribution < -0.4 is 5.32 Å². The van der Waals surface area contributed by atoms with Crippen LogP contribution in [0.15, 0.2) is 12.1 Å². The van der Waals surface area contributed by atoms with Crippen LogP contribution in [-0.2, 0) is 0 Å². The first-order valence-electron chi connectivity index (χ1n) is 4.09. The van der Waals surface area contributed by atoms with E-state index in [-0.39, 0.29) is 5.82 Å². The summed E-state index contributed by atoms with van der Waals surface area (Å²) in [5.74, 6) is -0.241. The van der Waals surface area contributed by atoms with Crippen molar-refractivity contribution in [2.75, 3.05) is 12.4 Å². The quantitative estimate of drug-likeness (QED) is 0.674. The highest BCUT2D eigenvalue weighted by Crippen LogP contribution is 2.20. The number of nitrogens with one attached hydrogen (secondary N) is 2. The predicted octanol–water partition coefficient (Wildman–Crippen LogP) is 2.56. The summed E-state index contributed by atoms with van der Waals surface area (Å²) in [6.45, 7) is 3.38. The lowest BCUT2D eigenvalue weighted by atomic mass is 10.1. The number of hydrogen-bond donors (Lipinski definition) is 2. The molecule has 0 aliphatic carbocycles. The normalized spacial score (nSPS) is 9.85. The van der Waals surface area contributed by atoms with Gasteiger partial charge in [0.2, 0.25) is 0 Å². The van der Waals surface area contributed by atoms with Crippen LogP contribution in [0.1, 0.15) is 18.1 Å². The summed E-state index contributed by atoms with van der Waals surface area (Å²) in [5, 5.41) is 10.3. The summed E-state index contributed by atoms with van der Waals surface area (Å²) in [4.78, 5) is 0. The summed E-state index contributed by atoms with van der Waals surface area (Å²) in [6.07, 6.45) is 0. The Hall–Kier alpha value is -1.38. The molecule has 0 atom stereocenters. The molecule has 0 aromatic heterocycles. The molecule has 0 heterocycles. The maximum Gasteiger partial charge on any atom is 0.128 e. The fourth-order valence-corrected chi connectivity index (χ4v) is 1.20. The molecule has 1 aromatic carbocycles. The van der Waals surface area contributed by atoms with Crippen LogP contribution in [0.5, 0.6) is 0 Å². The highest BCUT2D eigenvalue weighted by Gasteiger charge is 2.07. The van der Waals surface area contributed by atoms with Gasteiger partial charge in [-0.05, 0) is 31.5 Å². The minimum Gasteiger partial charge on any atom is -0.387 e. The lowest BCUT2D eigenvalue weighted by molar-refractivity contribution is 0.619. The molecule has 0 aliphatic heterocycles. The zero-order valence-corrected chi connectivity index (χ0v) is 8.03. The Bertz CT molecular complexity index is 345. The smallest absolute Gasteiger partial charge is 0.128 e. The molecule has 0 bridgehead atoms. The van der Waals surface area contributed by atoms with E-state index in [1.54, 1.807) is 27.0 Å². The van der Waals surface area contributed by atoms with Crippen LogP contribution in [0, 0.1) is 18.2 Å². The molecule has 0 saturated carbocycles. The van der Waals surface area contributed by atoms with Crippen molar-refractivity contribution in [3.05, 3.63) is 29.1 Å². The molecular weight excluding hydrogens is 167 g/mol. The fraction of sp³-hybridized carbons (Fsp3) is 0.300. The lowest BCUT2D eigenvalue weighted by Gasteiger charge is -2.09. The van der Waals surface area contributed by atoms with E-state index in [0.29, 0.717) is 17.0 Å². The van der Waals surface area contributed by atoms with Crippen LogP contribution >= 0.6 is 0 Å². The minimum absolute atomic E-state index is 0.241. The second kappa shape index (κ2) is 3.56. The fourth-order valence-electron chi connectivity index (χ4n) is 1.20. The standard InChI is InChI=1S/C10H13FN2/c1-6-4-8(7(2)12)10(13-3)5-9(6)11/h4-5,12-13H,1-3H3. The molecule has 1 aromatic rings. The van der Waals surface area contributed by atoms with Crippen molar-refractivity contribution < 1.29 is 4.39 Å². The number of benzene rings is 1. The van der Waals surface area contributed by atoms with Crippen molar-refractivity contribution in [1.82, 2.24) is 0 Å². The SMILES string of the molecule is CNc1cc(F)c(C)cc1C(C)=N. The van der Waals surface area contributed by atoms with Gasteiger partial charge in [-0.25, -0.2) is 4.39 Å². The van der Waals surface area contributed by atoms with E-state index in [4.69, 9.17) is 5.41 Å². The van der Waals surface area contributed by atoms with Gasteiger partial charge in [0, 0.05) is 24.0 Å². The van der Waals surface area contributed by atoms with E-state index in [0.717, 1.165) is 5.56 Å². The number of aryl methyl sites for hydroxylation is 1. The summed E-state index contributed by atoms with van der Waals surface area (Å²) in [7, 11) is 1.72. The van der Waals surface area contributed by atoms with Crippen LogP contribution in [-0.4, -0.2) is 12.8 Å². The molecule has 13 heavy (non-hydrogen) atoms. The summed E-state index contributed by atoms with van der Waals surface area (Å²) >= 11 is 0. The van der Waals surface area contributed by atoms with Crippen molar-refractivity contribution in [3.8, 4) is 0 Å². The summed E-state index contributed by atoms with van der Waals surface area (Å²) < 4.78 is 13.1. The minimum atomic E-state index is -0.241. The van der Waals surface area contributed by atoms with Crippen molar-refractivity contribution in [2.24, 2.45) is 0 Å². The van der Waals surface area contributed by atoms with E-state index >= 15 is 0 Å². The third kappa shape index (κ3) is 1.86. The highest BCUT2D eigenvalue weighted by molar-refractivity contribution is 6.01. The topological polar surface area (TPSA) is 35.9 Å². The molecule has 70 valence electrons. The van der Waals surface area contributed by atoms with Crippen molar-refractivity contribution >= 4 is 11.4 Å². The monoisotopic (exact) mass is 180 g/mol. The number of halogens is 1. The van der Waals surface area contributed by atoms with E-state index in [1.165, 1.54) is 6.07 Å². The van der Waals surface area contributed by atoms with Gasteiger partial charge in [0.25, 0.3) is 0 Å². The van der Waals surface area contributed by atoms with Crippen LogP contribution in [0.25, 0.3) is 0 Å². The maximum atomic E-state index is 13.1. The average molecular weight is 180 g/mol. The van der Waals surface area contributed by atoms with Gasteiger partial charge >= 0.3 is 0 Å². The zero-order valence-electron chi connectivity index (χ0n) is 8.03. The van der Waals surface area contributed by atoms with Gasteiger partial charge in [-0.2, -0.15) is 0 Å². The first-order chi connectivity index (χ1) is 6.06. The van der Waals surface area contributed by atoms with Crippen LogP contribution in [0.2, 0.25) is 0 Å². The number of hydrogen-bond acceptors (Lipinski definition) is 2. The predicted molar refractivity (Wildman–Crippen MR) is 53.2 cm³/mol. The first-order valence-corrected chi connectivity index (χ1v) is 4.09. The van der Waals surface area contributed by atoms with Gasteiger partial charge in [-0.15, -0.1) is 0 Å². The summed E-state index contributed by atoms with van der Waals surface area (Å²) in [5.41, 5.74) is 2.42. The molecule has 0 aliphatic rings. The molecule has 3 heteroatoms. The number of anilines is 1. The first kappa shape index (κ1) is 9.71. The molecule has 0 radical (unpaired) electrons. The molecule has 1 rings (SSSR count). The molecule has 2 nitrogen and oxygen atoms in total. The average Bonchev–Trinajstić information content (AvgIpc) is 2.08. The maximum absolute atomic E-state index is 13.1. The molecular formula is C10H13FN2. The molecule has 0 amide bonds. The Balaban J connectivity index is 3.33. The molecule has 0 spiro atoms. The number of rotatable bonds is 2. The second-order valence-corrected chi connectivity index (χ2v) is 3.02. The van der Waals surface area contributed by atoms with Crippen LogP contribution in [0.3, 0.4) is 0 Å². The van der Waals surface area contributed by atoms with Gasteiger partial charge < -0.3 is 10.7 Å². The van der Waals surface area contributed by atoms with E-state index in [2.05, 4.69) is 5.32 Å². The largest absolute Gasteiger partial charge is 0.387 e. The lowest BCUT2D eigenvalue weighted by Crippen LogP contribution is -2.02. The van der Waals surface area contributed by atoms with Crippen molar-refractivity contribution in [2.45, 2.75) is 13.8 Å². The summed E-state index contributed by atoms with van der Waals surface area (Å²) in [6, 6.07) is 3.10. The third-order valence-electron chi connectivity index (χ3n) is 1.97. The molecule has 0 fully saturated rings. The van der Waals surface area contributed by atoms with Crippen LogP contribution in [0.4, 0.5) is 10.1 Å². The van der Waals surface area contributed by atoms with Crippen molar-refractivity contribution in [1.29, 1.82) is 5.41 Å². The van der Waals surface area contributed by atoms with Gasteiger partial charge in [0.1, 0.15) is 5.82 Å². The van der Waals surface area contributed by atoms with E-state index in [1.807, 2.05) is 0 Å². The molecule has 0 saturated heterocycles. The Morgan fingerprint density at radius 2 is 2.08 bits per heavy atom. The van der Waals surface area contributed by atoms with Gasteiger partial charge in [0.05, 0.1) is 0 Å². The van der Waals surface area contributed by atoms with Gasteiger partial charge in [0.15, 0.2) is 0 Å². The van der Waals surface area contributed by atoms with E-state index in [9.17, 15) is 4.39 Å². The Morgan fingerprint density at radius 1 is 1.46 bits per heavy atom. The van der Waals surface area contributed by atoms with Gasteiger partial charge in [-0.1, -0.05) is 0 Å².